The Balaban J connectivity index is 1.21. The molecule has 4 nitrogen and oxygen atoms in total. The summed E-state index contributed by atoms with van der Waals surface area (Å²) in [6, 6.07) is 6.18. The maximum Gasteiger partial charge on any atom is 0.157 e. The fourth-order valence-electron chi connectivity index (χ4n) is 9.07. The molecule has 0 spiro atoms. The number of Topliss-reactive ketones (excluding diaryl/α,β-unsaturated/α-hetero) is 1. The summed E-state index contributed by atoms with van der Waals surface area (Å²) in [4.78, 5) is 13.6. The zero-order valence-electron chi connectivity index (χ0n) is 20.1. The van der Waals surface area contributed by atoms with E-state index in [2.05, 4.69) is 43.2 Å². The number of aromatic nitrogens is 3. The molecule has 32 heavy (non-hydrogen) atoms. The lowest BCUT2D eigenvalue weighted by molar-refractivity contribution is -0.131. The van der Waals surface area contributed by atoms with Gasteiger partial charge in [-0.2, -0.15) is 0 Å². The van der Waals surface area contributed by atoms with Crippen LogP contribution in [0.3, 0.4) is 0 Å². The molecule has 8 atom stereocenters. The van der Waals surface area contributed by atoms with Crippen LogP contribution in [0.5, 0.6) is 0 Å². The van der Waals surface area contributed by atoms with Crippen LogP contribution in [0.1, 0.15) is 77.2 Å². The normalized spacial score (nSPS) is 41.2. The Labute approximate surface area is 192 Å². The van der Waals surface area contributed by atoms with E-state index in [1.54, 1.807) is 0 Å². The first-order chi connectivity index (χ1) is 15.4. The molecule has 4 heteroatoms. The summed E-state index contributed by atoms with van der Waals surface area (Å²) in [5, 5.41) is 8.63. The largest absolute Gasteiger partial charge is 0.297 e. The van der Waals surface area contributed by atoms with E-state index >= 15 is 0 Å². The molecule has 4 saturated carbocycles. The zero-order chi connectivity index (χ0) is 22.0. The van der Waals surface area contributed by atoms with E-state index in [-0.39, 0.29) is 11.3 Å². The van der Waals surface area contributed by atoms with Crippen LogP contribution in [0.2, 0.25) is 0 Å². The highest BCUT2D eigenvalue weighted by atomic mass is 16.1. The predicted octanol–water partition coefficient (Wildman–Crippen LogP) is 6.21. The molecule has 0 radical (unpaired) electrons. The van der Waals surface area contributed by atoms with Crippen molar-refractivity contribution in [3.63, 3.8) is 0 Å². The third kappa shape index (κ3) is 3.19. The monoisotopic (exact) mass is 433 g/mol. The van der Waals surface area contributed by atoms with Gasteiger partial charge in [0.15, 0.2) is 5.78 Å². The minimum Gasteiger partial charge on any atom is -0.297 e. The molecule has 4 aliphatic rings. The Bertz CT molecular complexity index is 1030. The van der Waals surface area contributed by atoms with E-state index in [0.717, 1.165) is 53.0 Å². The van der Waals surface area contributed by atoms with Crippen molar-refractivity contribution in [3.8, 4) is 0 Å². The second-order valence-electron chi connectivity index (χ2n) is 12.2. The van der Waals surface area contributed by atoms with Gasteiger partial charge in [0.05, 0.1) is 5.52 Å². The highest BCUT2D eigenvalue weighted by Gasteiger charge is 2.58. The van der Waals surface area contributed by atoms with E-state index in [4.69, 9.17) is 0 Å². The molecule has 4 fully saturated rings. The lowest BCUT2D eigenvalue weighted by Crippen LogP contribution is -2.49. The Morgan fingerprint density at radius 1 is 1.06 bits per heavy atom. The number of carbonyl (C=O) groups is 1. The Hall–Kier alpha value is -1.71. The van der Waals surface area contributed by atoms with E-state index in [0.29, 0.717) is 12.3 Å². The standard InChI is InChI=1S/C28H39N3O/c1-17-4-7-20-19(14-17)6-8-22-21(20)12-13-28(3)23(22)9-10-24(28)27(32)16-31-26-15-18(2)5-11-25(26)29-30-31/h5,11,15,17,19-24H,4,6-10,12-14,16H2,1-3H3. The highest BCUT2D eigenvalue weighted by Crippen LogP contribution is 2.64. The number of hydrogen-bond donors (Lipinski definition) is 0. The van der Waals surface area contributed by atoms with Gasteiger partial charge in [0.2, 0.25) is 0 Å². The number of aryl methyl sites for hydroxylation is 1. The van der Waals surface area contributed by atoms with E-state index < -0.39 is 0 Å². The molecule has 0 aliphatic heterocycles. The van der Waals surface area contributed by atoms with Crippen LogP contribution in [0.4, 0.5) is 0 Å². The van der Waals surface area contributed by atoms with Gasteiger partial charge in [0.1, 0.15) is 12.1 Å². The topological polar surface area (TPSA) is 47.8 Å². The average Bonchev–Trinajstić information content (AvgIpc) is 3.33. The summed E-state index contributed by atoms with van der Waals surface area (Å²) in [6.45, 7) is 7.40. The first-order valence-electron chi connectivity index (χ1n) is 13.3. The Morgan fingerprint density at radius 3 is 2.78 bits per heavy atom. The van der Waals surface area contributed by atoms with E-state index in [1.807, 2.05) is 10.7 Å². The summed E-state index contributed by atoms with van der Waals surface area (Å²) >= 11 is 0. The first kappa shape index (κ1) is 20.9. The van der Waals surface area contributed by atoms with Crippen LogP contribution in [0, 0.1) is 53.8 Å². The van der Waals surface area contributed by atoms with Crippen molar-refractivity contribution >= 4 is 16.8 Å². The van der Waals surface area contributed by atoms with E-state index in [1.165, 1.54) is 56.9 Å². The highest BCUT2D eigenvalue weighted by molar-refractivity contribution is 5.84. The minimum absolute atomic E-state index is 0.194. The molecule has 0 saturated heterocycles. The summed E-state index contributed by atoms with van der Waals surface area (Å²) < 4.78 is 1.85. The van der Waals surface area contributed by atoms with Gasteiger partial charge in [-0.25, -0.2) is 4.68 Å². The molecule has 4 aliphatic carbocycles. The van der Waals surface area contributed by atoms with Crippen molar-refractivity contribution in [1.82, 2.24) is 15.0 Å². The number of carbonyl (C=O) groups excluding carboxylic acids is 1. The molecule has 172 valence electrons. The molecule has 0 N–H and O–H groups in total. The second-order valence-corrected chi connectivity index (χ2v) is 12.2. The third-order valence-electron chi connectivity index (χ3n) is 10.6. The lowest BCUT2D eigenvalue weighted by atomic mass is 9.49. The number of ketones is 1. The van der Waals surface area contributed by atoms with Gasteiger partial charge in [-0.05, 0) is 117 Å². The molecular weight excluding hydrogens is 394 g/mol. The van der Waals surface area contributed by atoms with Crippen molar-refractivity contribution in [2.24, 2.45) is 46.8 Å². The van der Waals surface area contributed by atoms with Crippen LogP contribution in [0.15, 0.2) is 18.2 Å². The number of fused-ring (bicyclic) bond motifs is 6. The number of benzene rings is 1. The van der Waals surface area contributed by atoms with Crippen molar-refractivity contribution in [3.05, 3.63) is 23.8 Å². The van der Waals surface area contributed by atoms with Crippen LogP contribution in [0.25, 0.3) is 11.0 Å². The maximum atomic E-state index is 13.6. The zero-order valence-corrected chi connectivity index (χ0v) is 20.1. The summed E-state index contributed by atoms with van der Waals surface area (Å²) in [5.41, 5.74) is 3.26. The van der Waals surface area contributed by atoms with Crippen LogP contribution in [-0.4, -0.2) is 20.8 Å². The van der Waals surface area contributed by atoms with Gasteiger partial charge in [-0.1, -0.05) is 31.5 Å². The van der Waals surface area contributed by atoms with Crippen LogP contribution < -0.4 is 0 Å². The lowest BCUT2D eigenvalue weighted by Gasteiger charge is -2.56. The van der Waals surface area contributed by atoms with E-state index in [9.17, 15) is 4.79 Å². The Morgan fingerprint density at radius 2 is 1.91 bits per heavy atom. The number of hydrogen-bond acceptors (Lipinski definition) is 3. The van der Waals surface area contributed by atoms with Crippen molar-refractivity contribution in [2.75, 3.05) is 0 Å². The molecule has 8 unspecified atom stereocenters. The van der Waals surface area contributed by atoms with Gasteiger partial charge in [-0.3, -0.25) is 4.79 Å². The molecule has 0 amide bonds. The predicted molar refractivity (Wildman–Crippen MR) is 127 cm³/mol. The van der Waals surface area contributed by atoms with Crippen molar-refractivity contribution in [2.45, 2.75) is 85.1 Å². The molecule has 1 aromatic heterocycles. The minimum atomic E-state index is 0.194. The Kier molecular flexibility index (Phi) is 5.00. The van der Waals surface area contributed by atoms with Gasteiger partial charge in [0, 0.05) is 5.92 Å². The third-order valence-corrected chi connectivity index (χ3v) is 10.6. The number of rotatable bonds is 3. The summed E-state index contributed by atoms with van der Waals surface area (Å²) in [7, 11) is 0. The van der Waals surface area contributed by atoms with Crippen LogP contribution in [-0.2, 0) is 11.3 Å². The van der Waals surface area contributed by atoms with Gasteiger partial charge < -0.3 is 0 Å². The molecule has 1 aromatic carbocycles. The summed E-state index contributed by atoms with van der Waals surface area (Å²) in [5.74, 6) is 6.06. The van der Waals surface area contributed by atoms with Gasteiger partial charge in [-0.15, -0.1) is 5.10 Å². The van der Waals surface area contributed by atoms with Gasteiger partial charge in [0.25, 0.3) is 0 Å². The smallest absolute Gasteiger partial charge is 0.157 e. The molecule has 1 heterocycles. The van der Waals surface area contributed by atoms with Gasteiger partial charge >= 0.3 is 0 Å². The average molecular weight is 434 g/mol. The fraction of sp³-hybridized carbons (Fsp3) is 0.750. The number of nitrogens with zero attached hydrogens (tertiary/aromatic N) is 3. The molecule has 0 bridgehead atoms. The molecule has 2 aromatic rings. The molecular formula is C28H39N3O. The van der Waals surface area contributed by atoms with Crippen LogP contribution >= 0.6 is 0 Å². The maximum absolute atomic E-state index is 13.6. The second kappa shape index (κ2) is 7.67. The van der Waals surface area contributed by atoms with Crippen molar-refractivity contribution in [1.29, 1.82) is 0 Å². The summed E-state index contributed by atoms with van der Waals surface area (Å²) in [6.07, 6.45) is 12.2. The quantitative estimate of drug-likeness (QED) is 0.578. The first-order valence-corrected chi connectivity index (χ1v) is 13.3. The molecule has 6 rings (SSSR count). The van der Waals surface area contributed by atoms with Crippen molar-refractivity contribution < 1.29 is 4.79 Å². The fourth-order valence-corrected chi connectivity index (χ4v) is 9.07. The SMILES string of the molecule is Cc1ccc2nnn(CC(=O)C3CCC4C5CCC6CC(C)CCC6C5CCC34C)c2c1.